The molecule has 0 unspecified atom stereocenters. The van der Waals surface area contributed by atoms with E-state index in [1.54, 1.807) is 13.8 Å². The van der Waals surface area contributed by atoms with Gasteiger partial charge in [0.25, 0.3) is 5.91 Å². The summed E-state index contributed by atoms with van der Waals surface area (Å²) in [6, 6.07) is 9.38. The van der Waals surface area contributed by atoms with Crippen LogP contribution in [0.25, 0.3) is 10.6 Å². The first-order chi connectivity index (χ1) is 9.99. The third kappa shape index (κ3) is 3.66. The zero-order valence-electron chi connectivity index (χ0n) is 11.8. The molecule has 0 saturated carbocycles. The second kappa shape index (κ2) is 6.49. The average molecular weight is 304 g/mol. The lowest BCUT2D eigenvalue weighted by Gasteiger charge is -2.23. The van der Waals surface area contributed by atoms with E-state index in [1.165, 1.54) is 22.4 Å². The second-order valence-electron chi connectivity index (χ2n) is 4.82. The number of benzene rings is 1. The van der Waals surface area contributed by atoms with Gasteiger partial charge in [-0.05, 0) is 13.8 Å². The maximum Gasteiger partial charge on any atom is 0.323 e. The Labute approximate surface area is 126 Å². The Morgan fingerprint density at radius 2 is 1.95 bits per heavy atom. The minimum absolute atomic E-state index is 0.184. The zero-order valence-corrected chi connectivity index (χ0v) is 12.6. The van der Waals surface area contributed by atoms with Gasteiger partial charge in [-0.3, -0.25) is 9.59 Å². The number of aliphatic carboxylic acids is 1. The molecule has 0 radical (unpaired) electrons. The molecule has 21 heavy (non-hydrogen) atoms. The number of carboxylic acids is 1. The lowest BCUT2D eigenvalue weighted by molar-refractivity contribution is -0.138. The van der Waals surface area contributed by atoms with Crippen LogP contribution in [-0.2, 0) is 4.79 Å². The maximum atomic E-state index is 12.4. The van der Waals surface area contributed by atoms with E-state index in [0.29, 0.717) is 4.88 Å². The number of rotatable bonds is 5. The minimum atomic E-state index is -1.02. The fourth-order valence-corrected chi connectivity index (χ4v) is 2.74. The van der Waals surface area contributed by atoms with Crippen LogP contribution >= 0.6 is 11.3 Å². The van der Waals surface area contributed by atoms with Crippen molar-refractivity contribution in [2.75, 3.05) is 6.54 Å². The fourth-order valence-electron chi connectivity index (χ4n) is 1.86. The Hall–Kier alpha value is -2.21. The van der Waals surface area contributed by atoms with Crippen molar-refractivity contribution in [3.8, 4) is 10.6 Å². The van der Waals surface area contributed by atoms with Gasteiger partial charge < -0.3 is 10.0 Å². The van der Waals surface area contributed by atoms with Crippen LogP contribution in [0.5, 0.6) is 0 Å². The number of nitrogens with zero attached hydrogens (tertiary/aromatic N) is 2. The number of hydrogen-bond donors (Lipinski definition) is 1. The normalized spacial score (nSPS) is 10.6. The van der Waals surface area contributed by atoms with Crippen molar-refractivity contribution in [3.63, 3.8) is 0 Å². The molecule has 0 spiro atoms. The standard InChI is InChI=1S/C15H16N2O3S/c1-10(2)17(9-13(18)19)15(20)12-8-16-14(21-12)11-6-4-3-5-7-11/h3-8,10H,9H2,1-2H3,(H,18,19). The van der Waals surface area contributed by atoms with Gasteiger partial charge in [0, 0.05) is 11.6 Å². The topological polar surface area (TPSA) is 70.5 Å². The molecule has 2 rings (SSSR count). The van der Waals surface area contributed by atoms with Gasteiger partial charge in [0.15, 0.2) is 0 Å². The van der Waals surface area contributed by atoms with E-state index in [2.05, 4.69) is 4.98 Å². The number of carboxylic acid groups (broad SMARTS) is 1. The van der Waals surface area contributed by atoms with Crippen LogP contribution in [-0.4, -0.2) is 39.5 Å². The minimum Gasteiger partial charge on any atom is -0.480 e. The third-order valence-corrected chi connectivity index (χ3v) is 3.96. The highest BCUT2D eigenvalue weighted by molar-refractivity contribution is 7.16. The van der Waals surface area contributed by atoms with Crippen LogP contribution in [0.1, 0.15) is 23.5 Å². The molecular formula is C15H16N2O3S. The maximum absolute atomic E-state index is 12.4. The SMILES string of the molecule is CC(C)N(CC(=O)O)C(=O)c1cnc(-c2ccccc2)s1. The van der Waals surface area contributed by atoms with E-state index < -0.39 is 5.97 Å². The Balaban J connectivity index is 2.23. The zero-order chi connectivity index (χ0) is 15.4. The Morgan fingerprint density at radius 3 is 2.52 bits per heavy atom. The molecule has 1 aromatic carbocycles. The van der Waals surface area contributed by atoms with E-state index in [4.69, 9.17) is 5.11 Å². The summed E-state index contributed by atoms with van der Waals surface area (Å²) < 4.78 is 0. The third-order valence-electron chi connectivity index (χ3n) is 2.93. The summed E-state index contributed by atoms with van der Waals surface area (Å²) in [6.07, 6.45) is 1.51. The van der Waals surface area contributed by atoms with Gasteiger partial charge in [-0.1, -0.05) is 30.3 Å². The molecule has 110 valence electrons. The van der Waals surface area contributed by atoms with Crippen molar-refractivity contribution >= 4 is 23.2 Å². The largest absolute Gasteiger partial charge is 0.480 e. The van der Waals surface area contributed by atoms with Crippen molar-refractivity contribution in [1.29, 1.82) is 0 Å². The Bertz CT molecular complexity index is 637. The van der Waals surface area contributed by atoms with Crippen LogP contribution in [0.4, 0.5) is 0 Å². The molecule has 0 fully saturated rings. The summed E-state index contributed by atoms with van der Waals surface area (Å²) in [5.74, 6) is -1.32. The molecule has 0 atom stereocenters. The number of thiazole rings is 1. The van der Waals surface area contributed by atoms with E-state index in [9.17, 15) is 9.59 Å². The molecule has 0 aliphatic carbocycles. The molecule has 1 N–H and O–H groups in total. The molecule has 1 amide bonds. The number of amides is 1. The smallest absolute Gasteiger partial charge is 0.323 e. The first kappa shape index (κ1) is 15.2. The van der Waals surface area contributed by atoms with Crippen molar-refractivity contribution < 1.29 is 14.7 Å². The number of carbonyl (C=O) groups is 2. The fraction of sp³-hybridized carbons (Fsp3) is 0.267. The summed E-state index contributed by atoms with van der Waals surface area (Å²) >= 11 is 1.27. The number of aromatic nitrogens is 1. The monoisotopic (exact) mass is 304 g/mol. The Morgan fingerprint density at radius 1 is 1.29 bits per heavy atom. The second-order valence-corrected chi connectivity index (χ2v) is 5.85. The highest BCUT2D eigenvalue weighted by Gasteiger charge is 2.23. The van der Waals surface area contributed by atoms with Crippen LogP contribution < -0.4 is 0 Å². The predicted molar refractivity (Wildman–Crippen MR) is 81.4 cm³/mol. The molecule has 2 aromatic rings. The van der Waals surface area contributed by atoms with Crippen molar-refractivity contribution in [2.45, 2.75) is 19.9 Å². The van der Waals surface area contributed by atoms with Gasteiger partial charge in [0.05, 0.1) is 6.20 Å². The van der Waals surface area contributed by atoms with Crippen LogP contribution in [0.3, 0.4) is 0 Å². The summed E-state index contributed by atoms with van der Waals surface area (Å²) in [4.78, 5) is 29.3. The molecule has 1 aromatic heterocycles. The molecule has 6 heteroatoms. The van der Waals surface area contributed by atoms with E-state index in [1.807, 2.05) is 30.3 Å². The highest BCUT2D eigenvalue weighted by atomic mass is 32.1. The summed E-state index contributed by atoms with van der Waals surface area (Å²) in [6.45, 7) is 3.27. The summed E-state index contributed by atoms with van der Waals surface area (Å²) in [5, 5.41) is 9.65. The van der Waals surface area contributed by atoms with Gasteiger partial charge in [-0.15, -0.1) is 11.3 Å². The average Bonchev–Trinajstić information content (AvgIpc) is 2.94. The van der Waals surface area contributed by atoms with E-state index >= 15 is 0 Å². The quantitative estimate of drug-likeness (QED) is 0.922. The van der Waals surface area contributed by atoms with Crippen molar-refractivity contribution in [3.05, 3.63) is 41.4 Å². The molecule has 5 nitrogen and oxygen atoms in total. The van der Waals surface area contributed by atoms with Gasteiger partial charge >= 0.3 is 5.97 Å². The molecule has 0 aliphatic heterocycles. The molecular weight excluding hydrogens is 288 g/mol. The van der Waals surface area contributed by atoms with E-state index in [-0.39, 0.29) is 18.5 Å². The van der Waals surface area contributed by atoms with Crippen LogP contribution in [0.2, 0.25) is 0 Å². The van der Waals surface area contributed by atoms with Crippen LogP contribution in [0.15, 0.2) is 36.5 Å². The van der Waals surface area contributed by atoms with E-state index in [0.717, 1.165) is 10.6 Å². The van der Waals surface area contributed by atoms with Gasteiger partial charge in [0.1, 0.15) is 16.4 Å². The van der Waals surface area contributed by atoms with Crippen molar-refractivity contribution in [2.24, 2.45) is 0 Å². The molecule has 0 saturated heterocycles. The summed E-state index contributed by atoms with van der Waals surface area (Å²) in [5.41, 5.74) is 0.941. The van der Waals surface area contributed by atoms with Gasteiger partial charge in [0.2, 0.25) is 0 Å². The first-order valence-electron chi connectivity index (χ1n) is 6.53. The van der Waals surface area contributed by atoms with Gasteiger partial charge in [-0.2, -0.15) is 0 Å². The predicted octanol–water partition coefficient (Wildman–Crippen LogP) is 2.75. The van der Waals surface area contributed by atoms with Gasteiger partial charge in [-0.25, -0.2) is 4.98 Å². The number of carbonyl (C=O) groups excluding carboxylic acids is 1. The number of hydrogen-bond acceptors (Lipinski definition) is 4. The Kier molecular flexibility index (Phi) is 4.70. The van der Waals surface area contributed by atoms with Crippen LogP contribution in [0, 0.1) is 0 Å². The first-order valence-corrected chi connectivity index (χ1v) is 7.34. The summed E-state index contributed by atoms with van der Waals surface area (Å²) in [7, 11) is 0. The molecule has 1 heterocycles. The lowest BCUT2D eigenvalue weighted by atomic mass is 10.2. The lowest BCUT2D eigenvalue weighted by Crippen LogP contribution is -2.40. The molecule has 0 aliphatic rings. The van der Waals surface area contributed by atoms with Crippen molar-refractivity contribution in [1.82, 2.24) is 9.88 Å². The molecule has 0 bridgehead atoms. The highest BCUT2D eigenvalue weighted by Crippen LogP contribution is 2.26.